The van der Waals surface area contributed by atoms with Gasteiger partial charge in [-0.2, -0.15) is 0 Å². The van der Waals surface area contributed by atoms with Crippen molar-refractivity contribution in [2.24, 2.45) is 5.92 Å². The molecule has 0 spiro atoms. The maximum Gasteiger partial charge on any atom is 0.407 e. The molecule has 4 nitrogen and oxygen atoms in total. The van der Waals surface area contributed by atoms with Gasteiger partial charge in [-0.15, -0.1) is 0 Å². The summed E-state index contributed by atoms with van der Waals surface area (Å²) >= 11 is 0. The molecule has 0 saturated heterocycles. The van der Waals surface area contributed by atoms with E-state index in [2.05, 4.69) is 5.32 Å². The van der Waals surface area contributed by atoms with Crippen LogP contribution in [0.25, 0.3) is 0 Å². The van der Waals surface area contributed by atoms with Crippen LogP contribution in [-0.4, -0.2) is 25.9 Å². The predicted molar refractivity (Wildman–Crippen MR) is 77.4 cm³/mol. The number of amides is 1. The van der Waals surface area contributed by atoms with Crippen LogP contribution in [0.5, 0.6) is 0 Å². The zero-order valence-corrected chi connectivity index (χ0v) is 12.0. The number of hydrogen-bond acceptors (Lipinski definition) is 3. The third-order valence-electron chi connectivity index (χ3n) is 3.81. The van der Waals surface area contributed by atoms with Crippen molar-refractivity contribution in [3.05, 3.63) is 35.9 Å². The van der Waals surface area contributed by atoms with Crippen LogP contribution in [0.2, 0.25) is 0 Å². The Bertz CT molecular complexity index is 405. The molecule has 1 N–H and O–H groups in total. The van der Waals surface area contributed by atoms with Gasteiger partial charge in [-0.05, 0) is 18.4 Å². The molecule has 2 atom stereocenters. The van der Waals surface area contributed by atoms with Crippen LogP contribution in [0.4, 0.5) is 4.79 Å². The Morgan fingerprint density at radius 1 is 1.25 bits per heavy atom. The van der Waals surface area contributed by atoms with Crippen LogP contribution < -0.4 is 5.32 Å². The maximum absolute atomic E-state index is 11.9. The van der Waals surface area contributed by atoms with E-state index in [1.165, 1.54) is 6.42 Å². The van der Waals surface area contributed by atoms with Gasteiger partial charge >= 0.3 is 6.09 Å². The van der Waals surface area contributed by atoms with E-state index in [4.69, 9.17) is 9.47 Å². The number of hydrogen-bond donors (Lipinski definition) is 1. The lowest BCUT2D eigenvalue weighted by atomic mass is 9.85. The van der Waals surface area contributed by atoms with E-state index in [1.807, 2.05) is 30.3 Å². The molecule has 110 valence electrons. The monoisotopic (exact) mass is 277 g/mol. The second-order valence-electron chi connectivity index (χ2n) is 5.31. The molecule has 0 bridgehead atoms. The fourth-order valence-corrected chi connectivity index (χ4v) is 2.73. The van der Waals surface area contributed by atoms with E-state index in [9.17, 15) is 4.79 Å². The van der Waals surface area contributed by atoms with Crippen molar-refractivity contribution >= 4 is 6.09 Å². The molecule has 1 fully saturated rings. The molecule has 1 unspecified atom stereocenters. The molecule has 1 amide bonds. The zero-order valence-electron chi connectivity index (χ0n) is 12.0. The number of ether oxygens (including phenoxy) is 2. The van der Waals surface area contributed by atoms with Crippen molar-refractivity contribution in [1.29, 1.82) is 0 Å². The average molecular weight is 277 g/mol. The molecule has 20 heavy (non-hydrogen) atoms. The van der Waals surface area contributed by atoms with E-state index in [-0.39, 0.29) is 12.1 Å². The standard InChI is InChI=1S/C16H23NO3/c1-19-12-14-9-5-6-10-15(14)17-16(18)20-11-13-7-3-2-4-8-13/h2-4,7-8,14-15H,5-6,9-12H2,1H3,(H,17,18)/t14?,15-/m0/s1. The molecule has 1 saturated carbocycles. The van der Waals surface area contributed by atoms with Crippen LogP contribution in [0.15, 0.2) is 30.3 Å². The summed E-state index contributed by atoms with van der Waals surface area (Å²) in [5.41, 5.74) is 1.000. The Morgan fingerprint density at radius 3 is 2.75 bits per heavy atom. The number of carbonyl (C=O) groups is 1. The predicted octanol–water partition coefficient (Wildman–Crippen LogP) is 3.12. The minimum Gasteiger partial charge on any atom is -0.445 e. The second kappa shape index (κ2) is 7.90. The Labute approximate surface area is 120 Å². The van der Waals surface area contributed by atoms with Crippen molar-refractivity contribution in [3.63, 3.8) is 0 Å². The van der Waals surface area contributed by atoms with Crippen molar-refractivity contribution in [3.8, 4) is 0 Å². The van der Waals surface area contributed by atoms with Gasteiger partial charge in [0.2, 0.25) is 0 Å². The first kappa shape index (κ1) is 14.9. The van der Waals surface area contributed by atoms with Crippen molar-refractivity contribution < 1.29 is 14.3 Å². The molecule has 2 rings (SSSR count). The van der Waals surface area contributed by atoms with Gasteiger partial charge in [-0.3, -0.25) is 0 Å². The Kier molecular flexibility index (Phi) is 5.87. The summed E-state index contributed by atoms with van der Waals surface area (Å²) in [5, 5.41) is 2.98. The molecule has 4 heteroatoms. The van der Waals surface area contributed by atoms with E-state index in [0.29, 0.717) is 19.1 Å². The van der Waals surface area contributed by atoms with Crippen molar-refractivity contribution in [2.75, 3.05) is 13.7 Å². The first-order chi connectivity index (χ1) is 9.79. The fourth-order valence-electron chi connectivity index (χ4n) is 2.73. The number of nitrogens with one attached hydrogen (secondary N) is 1. The third-order valence-corrected chi connectivity index (χ3v) is 3.81. The highest BCUT2D eigenvalue weighted by atomic mass is 16.5. The van der Waals surface area contributed by atoms with Crippen LogP contribution >= 0.6 is 0 Å². The van der Waals surface area contributed by atoms with Gasteiger partial charge in [-0.1, -0.05) is 43.2 Å². The van der Waals surface area contributed by atoms with Gasteiger partial charge < -0.3 is 14.8 Å². The van der Waals surface area contributed by atoms with Gasteiger partial charge in [0.15, 0.2) is 0 Å². The van der Waals surface area contributed by atoms with E-state index in [1.54, 1.807) is 7.11 Å². The molecule has 0 heterocycles. The smallest absolute Gasteiger partial charge is 0.407 e. The van der Waals surface area contributed by atoms with Gasteiger partial charge in [0, 0.05) is 19.1 Å². The SMILES string of the molecule is COCC1CCCC[C@@H]1NC(=O)OCc1ccccc1. The lowest BCUT2D eigenvalue weighted by Gasteiger charge is -2.31. The molecule has 0 radical (unpaired) electrons. The first-order valence-electron chi connectivity index (χ1n) is 7.25. The number of benzene rings is 1. The topological polar surface area (TPSA) is 47.6 Å². The summed E-state index contributed by atoms with van der Waals surface area (Å²) in [6.07, 6.45) is 4.16. The first-order valence-corrected chi connectivity index (χ1v) is 7.25. The molecule has 1 aromatic rings. The highest BCUT2D eigenvalue weighted by Gasteiger charge is 2.26. The molecule has 1 aliphatic rings. The van der Waals surface area contributed by atoms with E-state index in [0.717, 1.165) is 24.8 Å². The molecular formula is C16H23NO3. The lowest BCUT2D eigenvalue weighted by Crippen LogP contribution is -2.43. The van der Waals surface area contributed by atoms with Gasteiger partial charge in [0.1, 0.15) is 6.61 Å². The maximum atomic E-state index is 11.9. The Balaban J connectivity index is 1.78. The number of carbonyl (C=O) groups excluding carboxylic acids is 1. The van der Waals surface area contributed by atoms with Gasteiger partial charge in [-0.25, -0.2) is 4.79 Å². The Hall–Kier alpha value is -1.55. The molecule has 0 aromatic heterocycles. The largest absolute Gasteiger partial charge is 0.445 e. The summed E-state index contributed by atoms with van der Waals surface area (Å²) in [7, 11) is 1.71. The summed E-state index contributed by atoms with van der Waals surface area (Å²) < 4.78 is 10.5. The number of rotatable bonds is 5. The second-order valence-corrected chi connectivity index (χ2v) is 5.31. The van der Waals surface area contributed by atoms with Crippen LogP contribution in [0.1, 0.15) is 31.2 Å². The number of methoxy groups -OCH3 is 1. The Morgan fingerprint density at radius 2 is 2.00 bits per heavy atom. The molecule has 1 aliphatic carbocycles. The number of alkyl carbamates (subject to hydrolysis) is 1. The van der Waals surface area contributed by atoms with E-state index < -0.39 is 0 Å². The minimum absolute atomic E-state index is 0.173. The van der Waals surface area contributed by atoms with Crippen molar-refractivity contribution in [1.82, 2.24) is 5.32 Å². The average Bonchev–Trinajstić information content (AvgIpc) is 2.49. The summed E-state index contributed by atoms with van der Waals surface area (Å²) in [4.78, 5) is 11.9. The summed E-state index contributed by atoms with van der Waals surface area (Å²) in [6, 6.07) is 9.88. The van der Waals surface area contributed by atoms with Crippen molar-refractivity contribution in [2.45, 2.75) is 38.3 Å². The van der Waals surface area contributed by atoms with E-state index >= 15 is 0 Å². The molecule has 0 aliphatic heterocycles. The van der Waals surface area contributed by atoms with Gasteiger partial charge in [0.25, 0.3) is 0 Å². The fraction of sp³-hybridized carbons (Fsp3) is 0.562. The van der Waals surface area contributed by atoms with Crippen LogP contribution in [0, 0.1) is 5.92 Å². The highest BCUT2D eigenvalue weighted by molar-refractivity contribution is 5.67. The quantitative estimate of drug-likeness (QED) is 0.899. The third kappa shape index (κ3) is 4.53. The van der Waals surface area contributed by atoms with Crippen LogP contribution in [0.3, 0.4) is 0 Å². The van der Waals surface area contributed by atoms with Crippen LogP contribution in [-0.2, 0) is 16.1 Å². The molecular weight excluding hydrogens is 254 g/mol. The normalized spacial score (nSPS) is 22.2. The zero-order chi connectivity index (χ0) is 14.2. The lowest BCUT2D eigenvalue weighted by molar-refractivity contribution is 0.0943. The molecule has 1 aromatic carbocycles. The summed E-state index contributed by atoms with van der Waals surface area (Å²) in [6.45, 7) is 1.01. The van der Waals surface area contributed by atoms with Gasteiger partial charge in [0.05, 0.1) is 6.61 Å². The summed E-state index contributed by atoms with van der Waals surface area (Å²) in [5.74, 6) is 0.401. The minimum atomic E-state index is -0.332. The highest BCUT2D eigenvalue weighted by Crippen LogP contribution is 2.24.